The van der Waals surface area contributed by atoms with Gasteiger partial charge in [-0.05, 0) is 38.2 Å². The average Bonchev–Trinajstić information content (AvgIpc) is 2.99. The smallest absolute Gasteiger partial charge is 0.321 e. The van der Waals surface area contributed by atoms with E-state index in [1.807, 2.05) is 0 Å². The molecule has 1 aromatic carbocycles. The Labute approximate surface area is 145 Å². The van der Waals surface area contributed by atoms with Crippen molar-refractivity contribution in [3.63, 3.8) is 0 Å². The maximum absolute atomic E-state index is 12.0. The molecule has 24 heavy (non-hydrogen) atoms. The summed E-state index contributed by atoms with van der Waals surface area (Å²) in [6.07, 6.45) is 3.59. The molecule has 3 N–H and O–H groups in total. The highest BCUT2D eigenvalue weighted by atomic mass is 32.1. The standard InChI is InChI=1S/C17H22N4O2S/c1-11-2-4-12(5-3-11)10-15-20-21-17(24-15)19-16(23)18-13-6-8-14(22)9-7-13/h2-5,13-14,22H,6-10H2,1H3,(H2,18,19,21,23). The molecule has 7 heteroatoms. The topological polar surface area (TPSA) is 87.1 Å². The fourth-order valence-corrected chi connectivity index (χ4v) is 3.56. The summed E-state index contributed by atoms with van der Waals surface area (Å²) in [5.41, 5.74) is 2.40. The van der Waals surface area contributed by atoms with Gasteiger partial charge in [-0.2, -0.15) is 0 Å². The van der Waals surface area contributed by atoms with Crippen LogP contribution in [-0.4, -0.2) is 33.5 Å². The molecular weight excluding hydrogens is 324 g/mol. The Kier molecular flexibility index (Phi) is 5.42. The van der Waals surface area contributed by atoms with E-state index in [4.69, 9.17) is 0 Å². The lowest BCUT2D eigenvalue weighted by atomic mass is 9.93. The van der Waals surface area contributed by atoms with Crippen molar-refractivity contribution < 1.29 is 9.90 Å². The van der Waals surface area contributed by atoms with E-state index in [0.717, 1.165) is 30.7 Å². The van der Waals surface area contributed by atoms with Gasteiger partial charge in [-0.3, -0.25) is 5.32 Å². The van der Waals surface area contributed by atoms with Crippen LogP contribution in [0.25, 0.3) is 0 Å². The summed E-state index contributed by atoms with van der Waals surface area (Å²) in [7, 11) is 0. The van der Waals surface area contributed by atoms with Gasteiger partial charge in [-0.25, -0.2) is 4.79 Å². The Morgan fingerprint density at radius 1 is 1.21 bits per heavy atom. The quantitative estimate of drug-likeness (QED) is 0.794. The van der Waals surface area contributed by atoms with Gasteiger partial charge in [0.15, 0.2) is 0 Å². The van der Waals surface area contributed by atoms with Crippen LogP contribution in [0.3, 0.4) is 0 Å². The van der Waals surface area contributed by atoms with Crippen molar-refractivity contribution in [3.8, 4) is 0 Å². The minimum absolute atomic E-state index is 0.119. The molecule has 2 aromatic rings. The molecule has 1 aromatic heterocycles. The van der Waals surface area contributed by atoms with Crippen LogP contribution in [0.4, 0.5) is 9.93 Å². The van der Waals surface area contributed by atoms with Gasteiger partial charge in [0.25, 0.3) is 0 Å². The number of carbonyl (C=O) groups is 1. The summed E-state index contributed by atoms with van der Waals surface area (Å²) in [5.74, 6) is 0. The largest absolute Gasteiger partial charge is 0.393 e. The fourth-order valence-electron chi connectivity index (χ4n) is 2.79. The number of hydrogen-bond donors (Lipinski definition) is 3. The molecule has 0 aliphatic heterocycles. The van der Waals surface area contributed by atoms with E-state index in [9.17, 15) is 9.90 Å². The first kappa shape index (κ1) is 16.9. The van der Waals surface area contributed by atoms with Crippen molar-refractivity contribution in [3.05, 3.63) is 40.4 Å². The second-order valence-corrected chi connectivity index (χ2v) is 7.33. The molecule has 3 rings (SSSR count). The zero-order chi connectivity index (χ0) is 16.9. The molecule has 1 heterocycles. The number of aromatic nitrogens is 2. The Morgan fingerprint density at radius 2 is 1.92 bits per heavy atom. The van der Waals surface area contributed by atoms with Crippen molar-refractivity contribution >= 4 is 22.5 Å². The van der Waals surface area contributed by atoms with Gasteiger partial charge >= 0.3 is 6.03 Å². The molecule has 1 saturated carbocycles. The molecule has 0 bridgehead atoms. The molecule has 0 unspecified atom stereocenters. The third-order valence-corrected chi connectivity index (χ3v) is 5.03. The number of carbonyl (C=O) groups excluding carboxylic acids is 1. The number of benzene rings is 1. The predicted octanol–water partition coefficient (Wildman–Crippen LogP) is 2.86. The average molecular weight is 346 g/mol. The van der Waals surface area contributed by atoms with Crippen molar-refractivity contribution in [2.75, 3.05) is 5.32 Å². The highest BCUT2D eigenvalue weighted by Crippen LogP contribution is 2.20. The zero-order valence-corrected chi connectivity index (χ0v) is 14.5. The summed E-state index contributed by atoms with van der Waals surface area (Å²) in [6.45, 7) is 2.06. The number of rotatable bonds is 4. The van der Waals surface area contributed by atoms with Crippen LogP contribution in [-0.2, 0) is 6.42 Å². The van der Waals surface area contributed by atoms with Crippen LogP contribution < -0.4 is 10.6 Å². The van der Waals surface area contributed by atoms with E-state index in [2.05, 4.69) is 52.0 Å². The van der Waals surface area contributed by atoms with Crippen molar-refractivity contribution in [2.24, 2.45) is 0 Å². The lowest BCUT2D eigenvalue weighted by Gasteiger charge is -2.25. The first-order valence-electron chi connectivity index (χ1n) is 8.22. The Bertz CT molecular complexity index is 678. The molecule has 1 aliphatic rings. The summed E-state index contributed by atoms with van der Waals surface area (Å²) in [5, 5.41) is 24.7. The van der Waals surface area contributed by atoms with Gasteiger partial charge in [0.1, 0.15) is 5.01 Å². The summed E-state index contributed by atoms with van der Waals surface area (Å²) < 4.78 is 0. The number of urea groups is 1. The highest BCUT2D eigenvalue weighted by Gasteiger charge is 2.21. The lowest BCUT2D eigenvalue weighted by Crippen LogP contribution is -2.40. The van der Waals surface area contributed by atoms with Crippen molar-refractivity contribution in [1.29, 1.82) is 0 Å². The fraction of sp³-hybridized carbons (Fsp3) is 0.471. The van der Waals surface area contributed by atoms with Crippen molar-refractivity contribution in [2.45, 2.75) is 51.2 Å². The molecule has 0 saturated heterocycles. The van der Waals surface area contributed by atoms with E-state index < -0.39 is 0 Å². The third kappa shape index (κ3) is 4.75. The minimum atomic E-state index is -0.255. The molecule has 2 amide bonds. The van der Waals surface area contributed by atoms with Crippen molar-refractivity contribution in [1.82, 2.24) is 15.5 Å². The van der Waals surface area contributed by atoms with Gasteiger partial charge in [-0.1, -0.05) is 41.2 Å². The number of hydrogen-bond acceptors (Lipinski definition) is 5. The molecule has 1 fully saturated rings. The lowest BCUT2D eigenvalue weighted by molar-refractivity contribution is 0.118. The van der Waals surface area contributed by atoms with E-state index in [0.29, 0.717) is 11.6 Å². The van der Waals surface area contributed by atoms with Crippen LogP contribution >= 0.6 is 11.3 Å². The monoisotopic (exact) mass is 346 g/mol. The summed E-state index contributed by atoms with van der Waals surface area (Å²) >= 11 is 1.39. The summed E-state index contributed by atoms with van der Waals surface area (Å²) in [6, 6.07) is 8.17. The third-order valence-electron chi connectivity index (χ3n) is 4.20. The first-order chi connectivity index (χ1) is 11.6. The van der Waals surface area contributed by atoms with Gasteiger partial charge in [-0.15, -0.1) is 10.2 Å². The SMILES string of the molecule is Cc1ccc(Cc2nnc(NC(=O)NC3CCC(O)CC3)s2)cc1. The minimum Gasteiger partial charge on any atom is -0.393 e. The van der Waals surface area contributed by atoms with E-state index >= 15 is 0 Å². The first-order valence-corrected chi connectivity index (χ1v) is 9.03. The molecule has 0 spiro atoms. The second kappa shape index (κ2) is 7.72. The number of nitrogens with zero attached hydrogens (tertiary/aromatic N) is 2. The Hall–Kier alpha value is -1.99. The molecule has 0 radical (unpaired) electrons. The van der Waals surface area contributed by atoms with Gasteiger partial charge in [0, 0.05) is 12.5 Å². The van der Waals surface area contributed by atoms with E-state index in [1.54, 1.807) is 0 Å². The number of aliphatic hydroxyl groups excluding tert-OH is 1. The number of amides is 2. The Morgan fingerprint density at radius 3 is 2.62 bits per heavy atom. The van der Waals surface area contributed by atoms with Crippen LogP contribution in [0.5, 0.6) is 0 Å². The van der Waals surface area contributed by atoms with Crippen LogP contribution in [0.2, 0.25) is 0 Å². The van der Waals surface area contributed by atoms with Gasteiger partial charge in [0.05, 0.1) is 6.10 Å². The maximum Gasteiger partial charge on any atom is 0.321 e. The molecular formula is C17H22N4O2S. The molecule has 0 atom stereocenters. The number of aliphatic hydroxyl groups is 1. The van der Waals surface area contributed by atoms with Crippen LogP contribution in [0.1, 0.15) is 41.8 Å². The molecule has 128 valence electrons. The highest BCUT2D eigenvalue weighted by molar-refractivity contribution is 7.15. The maximum atomic E-state index is 12.0. The van der Waals surface area contributed by atoms with Crippen LogP contribution in [0, 0.1) is 6.92 Å². The van der Waals surface area contributed by atoms with E-state index in [-0.39, 0.29) is 18.2 Å². The van der Waals surface area contributed by atoms with Crippen LogP contribution in [0.15, 0.2) is 24.3 Å². The molecule has 6 nitrogen and oxygen atoms in total. The number of nitrogens with one attached hydrogen (secondary N) is 2. The summed E-state index contributed by atoms with van der Waals surface area (Å²) in [4.78, 5) is 12.0. The molecule has 1 aliphatic carbocycles. The second-order valence-electron chi connectivity index (χ2n) is 6.27. The number of anilines is 1. The Balaban J connectivity index is 1.50. The van der Waals surface area contributed by atoms with E-state index in [1.165, 1.54) is 22.5 Å². The number of aryl methyl sites for hydroxylation is 1. The predicted molar refractivity (Wildman–Crippen MR) is 94.3 cm³/mol. The van der Waals surface area contributed by atoms with Gasteiger partial charge < -0.3 is 10.4 Å². The normalized spacial score (nSPS) is 20.6. The van der Waals surface area contributed by atoms with Gasteiger partial charge in [0.2, 0.25) is 5.13 Å². The zero-order valence-electron chi connectivity index (χ0n) is 13.7.